The van der Waals surface area contributed by atoms with Crippen molar-refractivity contribution < 1.29 is 0 Å². The van der Waals surface area contributed by atoms with Gasteiger partial charge < -0.3 is 5.32 Å². The molecule has 0 radical (unpaired) electrons. The number of aryl methyl sites for hydroxylation is 1. The highest BCUT2D eigenvalue weighted by Gasteiger charge is 2.04. The van der Waals surface area contributed by atoms with E-state index in [9.17, 15) is 0 Å². The molecule has 0 atom stereocenters. The monoisotopic (exact) mass is 268 g/mol. The highest BCUT2D eigenvalue weighted by Crippen LogP contribution is 2.20. The summed E-state index contributed by atoms with van der Waals surface area (Å²) in [4.78, 5) is 11.9. The van der Waals surface area contributed by atoms with Crippen molar-refractivity contribution >= 4 is 29.0 Å². The summed E-state index contributed by atoms with van der Waals surface area (Å²) < 4.78 is 0. The molecule has 0 spiro atoms. The first-order chi connectivity index (χ1) is 8.16. The average Bonchev–Trinajstić information content (AvgIpc) is 2.32. The molecule has 0 saturated heterocycles. The molecule has 2 heterocycles. The molecule has 2 aromatic heterocycles. The van der Waals surface area contributed by atoms with E-state index < -0.39 is 0 Å². The number of nitrogens with zero attached hydrogens (tertiary/aromatic N) is 3. The minimum atomic E-state index is 0.166. The number of hydrogen-bond donors (Lipinski definition) is 1. The zero-order chi connectivity index (χ0) is 12.3. The van der Waals surface area contributed by atoms with Crippen LogP contribution in [0.5, 0.6) is 0 Å². The first-order valence-corrected chi connectivity index (χ1v) is 5.74. The molecule has 17 heavy (non-hydrogen) atoms. The van der Waals surface area contributed by atoms with E-state index in [2.05, 4.69) is 20.3 Å². The molecular weight excluding hydrogens is 259 g/mol. The fourth-order valence-electron chi connectivity index (χ4n) is 1.33. The van der Waals surface area contributed by atoms with Crippen LogP contribution in [0, 0.1) is 6.92 Å². The van der Waals surface area contributed by atoms with Crippen LogP contribution in [-0.2, 0) is 6.54 Å². The predicted octanol–water partition coefficient (Wildman–Crippen LogP) is 3.10. The lowest BCUT2D eigenvalue weighted by Gasteiger charge is -2.08. The number of anilines is 1. The van der Waals surface area contributed by atoms with E-state index in [1.807, 2.05) is 13.0 Å². The smallest absolute Gasteiger partial charge is 0.224 e. The van der Waals surface area contributed by atoms with Crippen LogP contribution in [-0.4, -0.2) is 15.0 Å². The maximum absolute atomic E-state index is 5.94. The van der Waals surface area contributed by atoms with E-state index in [1.165, 1.54) is 6.20 Å². The summed E-state index contributed by atoms with van der Waals surface area (Å²) >= 11 is 11.6. The van der Waals surface area contributed by atoms with Crippen molar-refractivity contribution in [2.45, 2.75) is 13.5 Å². The van der Waals surface area contributed by atoms with Crippen molar-refractivity contribution in [3.05, 3.63) is 46.1 Å². The number of rotatable bonds is 3. The molecular formula is C11H10Cl2N4. The number of halogens is 2. The molecule has 0 fully saturated rings. The van der Waals surface area contributed by atoms with Crippen LogP contribution >= 0.6 is 23.2 Å². The second-order valence-corrected chi connectivity index (χ2v) is 4.24. The Hall–Kier alpha value is -1.39. The van der Waals surface area contributed by atoms with Gasteiger partial charge in [0.15, 0.2) is 0 Å². The van der Waals surface area contributed by atoms with E-state index in [1.54, 1.807) is 12.4 Å². The first-order valence-electron chi connectivity index (χ1n) is 4.98. The summed E-state index contributed by atoms with van der Waals surface area (Å²) in [6.45, 7) is 2.61. The van der Waals surface area contributed by atoms with Gasteiger partial charge in [-0.2, -0.15) is 4.98 Å². The van der Waals surface area contributed by atoms with Gasteiger partial charge in [-0.05, 0) is 35.7 Å². The maximum atomic E-state index is 5.94. The highest BCUT2D eigenvalue weighted by molar-refractivity contribution is 6.33. The number of pyridine rings is 1. The van der Waals surface area contributed by atoms with Crippen LogP contribution in [0.4, 0.5) is 5.82 Å². The first kappa shape index (κ1) is 12.1. The lowest BCUT2D eigenvalue weighted by Crippen LogP contribution is -2.04. The fraction of sp³-hybridized carbons (Fsp3) is 0.182. The van der Waals surface area contributed by atoms with Crippen LogP contribution in [0.25, 0.3) is 0 Å². The topological polar surface area (TPSA) is 50.7 Å². The molecule has 0 amide bonds. The van der Waals surface area contributed by atoms with Crippen LogP contribution in [0.1, 0.15) is 11.1 Å². The standard InChI is InChI=1S/C11H10Cl2N4/c1-7-2-3-14-4-8(7)5-15-10-9(12)6-16-11(13)17-10/h2-4,6H,5H2,1H3,(H,15,16,17). The van der Waals surface area contributed by atoms with E-state index >= 15 is 0 Å². The van der Waals surface area contributed by atoms with Crippen molar-refractivity contribution in [3.8, 4) is 0 Å². The molecule has 88 valence electrons. The zero-order valence-electron chi connectivity index (χ0n) is 9.11. The molecule has 2 aromatic rings. The minimum Gasteiger partial charge on any atom is -0.365 e. The largest absolute Gasteiger partial charge is 0.365 e. The zero-order valence-corrected chi connectivity index (χ0v) is 10.6. The van der Waals surface area contributed by atoms with Gasteiger partial charge >= 0.3 is 0 Å². The number of hydrogen-bond acceptors (Lipinski definition) is 4. The SMILES string of the molecule is Cc1ccncc1CNc1nc(Cl)ncc1Cl. The van der Waals surface area contributed by atoms with Gasteiger partial charge in [-0.3, -0.25) is 4.98 Å². The molecule has 0 aliphatic heterocycles. The highest BCUT2D eigenvalue weighted by atomic mass is 35.5. The Labute approximate surface area is 109 Å². The second kappa shape index (κ2) is 5.29. The molecule has 0 aliphatic carbocycles. The van der Waals surface area contributed by atoms with Gasteiger partial charge in [0, 0.05) is 18.9 Å². The Morgan fingerprint density at radius 3 is 2.88 bits per heavy atom. The molecule has 4 nitrogen and oxygen atoms in total. The quantitative estimate of drug-likeness (QED) is 0.870. The van der Waals surface area contributed by atoms with Crippen molar-refractivity contribution in [2.75, 3.05) is 5.32 Å². The Balaban J connectivity index is 2.12. The third kappa shape index (κ3) is 3.05. The summed E-state index contributed by atoms with van der Waals surface area (Å²) in [7, 11) is 0. The summed E-state index contributed by atoms with van der Waals surface area (Å²) in [6.07, 6.45) is 5.03. The molecule has 2 rings (SSSR count). The third-order valence-corrected chi connectivity index (χ3v) is 2.77. The van der Waals surface area contributed by atoms with Gasteiger partial charge in [0.25, 0.3) is 0 Å². The average molecular weight is 269 g/mol. The van der Waals surface area contributed by atoms with Crippen molar-refractivity contribution in [2.24, 2.45) is 0 Å². The Morgan fingerprint density at radius 2 is 2.12 bits per heavy atom. The summed E-state index contributed by atoms with van der Waals surface area (Å²) in [5.74, 6) is 0.523. The van der Waals surface area contributed by atoms with Gasteiger partial charge in [-0.1, -0.05) is 11.6 Å². The van der Waals surface area contributed by atoms with E-state index in [4.69, 9.17) is 23.2 Å². The normalized spacial score (nSPS) is 10.3. The predicted molar refractivity (Wildman–Crippen MR) is 68.4 cm³/mol. The van der Waals surface area contributed by atoms with Gasteiger partial charge in [-0.25, -0.2) is 4.98 Å². The van der Waals surface area contributed by atoms with Gasteiger partial charge in [0.1, 0.15) is 10.8 Å². The van der Waals surface area contributed by atoms with Crippen molar-refractivity contribution in [3.63, 3.8) is 0 Å². The van der Waals surface area contributed by atoms with Crippen LogP contribution in [0.15, 0.2) is 24.7 Å². The molecule has 0 aliphatic rings. The van der Waals surface area contributed by atoms with E-state index in [-0.39, 0.29) is 5.28 Å². The molecule has 0 bridgehead atoms. The number of aromatic nitrogens is 3. The Kier molecular flexibility index (Phi) is 3.76. The number of nitrogens with one attached hydrogen (secondary N) is 1. The summed E-state index contributed by atoms with van der Waals surface area (Å²) in [6, 6.07) is 1.95. The van der Waals surface area contributed by atoms with Crippen LogP contribution in [0.2, 0.25) is 10.3 Å². The molecule has 1 N–H and O–H groups in total. The molecule has 0 aromatic carbocycles. The van der Waals surface area contributed by atoms with Crippen LogP contribution in [0.3, 0.4) is 0 Å². The lowest BCUT2D eigenvalue weighted by molar-refractivity contribution is 1.05. The van der Waals surface area contributed by atoms with Crippen molar-refractivity contribution in [1.82, 2.24) is 15.0 Å². The van der Waals surface area contributed by atoms with Gasteiger partial charge in [0.2, 0.25) is 5.28 Å². The molecule has 6 heteroatoms. The van der Waals surface area contributed by atoms with Gasteiger partial charge in [-0.15, -0.1) is 0 Å². The maximum Gasteiger partial charge on any atom is 0.224 e. The lowest BCUT2D eigenvalue weighted by atomic mass is 10.1. The molecule has 0 unspecified atom stereocenters. The van der Waals surface area contributed by atoms with Crippen molar-refractivity contribution in [1.29, 1.82) is 0 Å². The molecule has 0 saturated carbocycles. The fourth-order valence-corrected chi connectivity index (χ4v) is 1.62. The minimum absolute atomic E-state index is 0.166. The Bertz CT molecular complexity index is 531. The Morgan fingerprint density at radius 1 is 1.29 bits per heavy atom. The summed E-state index contributed by atoms with van der Waals surface area (Å²) in [5, 5.41) is 3.71. The third-order valence-electron chi connectivity index (χ3n) is 2.31. The van der Waals surface area contributed by atoms with E-state index in [0.717, 1.165) is 11.1 Å². The van der Waals surface area contributed by atoms with Crippen LogP contribution < -0.4 is 5.32 Å². The van der Waals surface area contributed by atoms with Gasteiger partial charge in [0.05, 0.1) is 6.20 Å². The second-order valence-electron chi connectivity index (χ2n) is 3.49. The summed E-state index contributed by atoms with van der Waals surface area (Å²) in [5.41, 5.74) is 2.24. The van der Waals surface area contributed by atoms with E-state index in [0.29, 0.717) is 17.4 Å².